The molecule has 0 spiro atoms. The van der Waals surface area contributed by atoms with E-state index in [0.717, 1.165) is 12.1 Å². The first-order valence-corrected chi connectivity index (χ1v) is 3.73. The van der Waals surface area contributed by atoms with E-state index in [0.29, 0.717) is 6.07 Å². The van der Waals surface area contributed by atoms with Gasteiger partial charge in [-0.05, 0) is 6.07 Å². The molecular weight excluding hydrogens is 212 g/mol. The second-order valence-electron chi connectivity index (χ2n) is 2.62. The smallest absolute Gasteiger partial charge is 0.300 e. The van der Waals surface area contributed by atoms with Gasteiger partial charge in [0.25, 0.3) is 5.69 Å². The lowest BCUT2D eigenvalue weighted by molar-refractivity contribution is -0.384. The van der Waals surface area contributed by atoms with E-state index in [1.54, 1.807) is 0 Å². The number of rotatable bonds is 3. The summed E-state index contributed by atoms with van der Waals surface area (Å²) in [5, 5.41) is 19.3. The predicted octanol–water partition coefficient (Wildman–Crippen LogP) is 1.75. The molecule has 0 unspecified atom stereocenters. The fraction of sp³-hybridized carbons (Fsp3) is 0.125. The van der Waals surface area contributed by atoms with Crippen LogP contribution < -0.4 is 0 Å². The van der Waals surface area contributed by atoms with E-state index in [1.807, 2.05) is 0 Å². The highest BCUT2D eigenvalue weighted by Crippen LogP contribution is 2.24. The third-order valence-electron chi connectivity index (χ3n) is 1.65. The van der Waals surface area contributed by atoms with Crippen LogP contribution in [0.1, 0.15) is 10.4 Å². The fourth-order valence-corrected chi connectivity index (χ4v) is 0.952. The number of hydrogen-bond acceptors (Lipinski definition) is 4. The normalized spacial score (nSPS) is 10.3. The topological polar surface area (TPSA) is 80.4 Å². The molecule has 0 atom stereocenters. The lowest BCUT2D eigenvalue weighted by atomic mass is 10.1. The van der Waals surface area contributed by atoms with Crippen molar-refractivity contribution in [3.05, 3.63) is 33.9 Å². The number of benzene rings is 1. The van der Waals surface area contributed by atoms with Crippen molar-refractivity contribution < 1.29 is 23.6 Å². The summed E-state index contributed by atoms with van der Waals surface area (Å²) in [6, 6.07) is 2.36. The molecule has 0 saturated heterocycles. The first-order valence-electron chi connectivity index (χ1n) is 3.73. The first-order chi connectivity index (χ1) is 6.93. The van der Waals surface area contributed by atoms with Gasteiger partial charge >= 0.3 is 6.43 Å². The van der Waals surface area contributed by atoms with Crippen LogP contribution in [0.3, 0.4) is 0 Å². The summed E-state index contributed by atoms with van der Waals surface area (Å²) in [7, 11) is 0. The highest BCUT2D eigenvalue weighted by molar-refractivity contribution is 6.01. The SMILES string of the molecule is O=C(c1cc([N+](=O)[O-])ccc1O)C(F)F. The Morgan fingerprint density at radius 1 is 1.47 bits per heavy atom. The zero-order valence-corrected chi connectivity index (χ0v) is 7.18. The largest absolute Gasteiger partial charge is 0.507 e. The number of hydrogen-bond donors (Lipinski definition) is 1. The Kier molecular flexibility index (Phi) is 2.93. The molecule has 1 rings (SSSR count). The number of carbonyl (C=O) groups excluding carboxylic acids is 1. The minimum absolute atomic E-state index is 0.531. The number of halogens is 2. The van der Waals surface area contributed by atoms with Gasteiger partial charge in [0.2, 0.25) is 5.78 Å². The highest BCUT2D eigenvalue weighted by atomic mass is 19.3. The van der Waals surface area contributed by atoms with Crippen molar-refractivity contribution in [3.63, 3.8) is 0 Å². The summed E-state index contributed by atoms with van der Waals surface area (Å²) in [4.78, 5) is 20.2. The number of phenols is 1. The molecular formula is C8H5F2NO4. The maximum Gasteiger partial charge on any atom is 0.300 e. The van der Waals surface area contributed by atoms with Crippen LogP contribution in [-0.4, -0.2) is 22.2 Å². The quantitative estimate of drug-likeness (QED) is 0.475. The van der Waals surface area contributed by atoms with Crippen molar-refractivity contribution in [2.24, 2.45) is 0 Å². The van der Waals surface area contributed by atoms with Crippen LogP contribution in [-0.2, 0) is 0 Å². The molecule has 5 nitrogen and oxygen atoms in total. The van der Waals surface area contributed by atoms with Gasteiger partial charge in [-0.3, -0.25) is 14.9 Å². The summed E-state index contributed by atoms with van der Waals surface area (Å²) in [6.45, 7) is 0. The van der Waals surface area contributed by atoms with Gasteiger partial charge in [-0.1, -0.05) is 0 Å². The fourth-order valence-electron chi connectivity index (χ4n) is 0.952. The first kappa shape index (κ1) is 11.0. The molecule has 0 heterocycles. The maximum atomic E-state index is 12.0. The second kappa shape index (κ2) is 3.99. The summed E-state index contributed by atoms with van der Waals surface area (Å²) < 4.78 is 24.0. The zero-order valence-electron chi connectivity index (χ0n) is 7.18. The van der Waals surface area contributed by atoms with Gasteiger partial charge in [0, 0.05) is 12.1 Å². The molecule has 0 aliphatic carbocycles. The molecule has 1 N–H and O–H groups in total. The minimum atomic E-state index is -3.31. The summed E-state index contributed by atoms with van der Waals surface area (Å²) >= 11 is 0. The van der Waals surface area contributed by atoms with Gasteiger partial charge in [-0.15, -0.1) is 0 Å². The number of nitro benzene ring substituents is 1. The molecule has 0 aliphatic heterocycles. The van der Waals surface area contributed by atoms with Crippen molar-refractivity contribution in [1.29, 1.82) is 0 Å². The van der Waals surface area contributed by atoms with Gasteiger partial charge in [0.1, 0.15) is 5.75 Å². The van der Waals surface area contributed by atoms with Crippen molar-refractivity contribution in [2.75, 3.05) is 0 Å². The van der Waals surface area contributed by atoms with Gasteiger partial charge in [0.05, 0.1) is 10.5 Å². The Bertz CT molecular complexity index is 419. The molecule has 1 aromatic rings. The van der Waals surface area contributed by atoms with E-state index in [4.69, 9.17) is 5.11 Å². The van der Waals surface area contributed by atoms with Crippen LogP contribution in [0.15, 0.2) is 18.2 Å². The van der Waals surface area contributed by atoms with Crippen LogP contribution in [0, 0.1) is 10.1 Å². The average Bonchev–Trinajstić information content (AvgIpc) is 2.16. The zero-order chi connectivity index (χ0) is 11.6. The molecule has 0 aromatic heterocycles. The Morgan fingerprint density at radius 3 is 2.53 bits per heavy atom. The van der Waals surface area contributed by atoms with Gasteiger partial charge in [0.15, 0.2) is 0 Å². The molecule has 7 heteroatoms. The average molecular weight is 217 g/mol. The number of Topliss-reactive ketones (excluding diaryl/α,β-unsaturated/α-hetero) is 1. The van der Waals surface area contributed by atoms with E-state index in [9.17, 15) is 23.7 Å². The van der Waals surface area contributed by atoms with E-state index in [2.05, 4.69) is 0 Å². The lowest BCUT2D eigenvalue weighted by Gasteiger charge is -2.02. The molecule has 80 valence electrons. The minimum Gasteiger partial charge on any atom is -0.507 e. The van der Waals surface area contributed by atoms with Crippen LogP contribution >= 0.6 is 0 Å². The molecule has 1 aromatic carbocycles. The third kappa shape index (κ3) is 2.25. The molecule has 0 amide bonds. The number of nitro groups is 1. The van der Waals surface area contributed by atoms with Crippen LogP contribution in [0.5, 0.6) is 5.75 Å². The molecule has 0 aliphatic rings. The summed E-state index contributed by atoms with van der Waals surface area (Å²) in [6.07, 6.45) is -3.31. The molecule has 0 saturated carbocycles. The Labute approximate surface area is 82.1 Å². The predicted molar refractivity (Wildman–Crippen MR) is 45.1 cm³/mol. The van der Waals surface area contributed by atoms with E-state index >= 15 is 0 Å². The van der Waals surface area contributed by atoms with Crippen LogP contribution in [0.4, 0.5) is 14.5 Å². The Balaban J connectivity index is 3.22. The monoisotopic (exact) mass is 217 g/mol. The Morgan fingerprint density at radius 2 is 2.07 bits per heavy atom. The number of nitrogens with zero attached hydrogens (tertiary/aromatic N) is 1. The van der Waals surface area contributed by atoms with Crippen LogP contribution in [0.25, 0.3) is 0 Å². The van der Waals surface area contributed by atoms with Crippen molar-refractivity contribution in [2.45, 2.75) is 6.43 Å². The van der Waals surface area contributed by atoms with E-state index < -0.39 is 34.1 Å². The van der Waals surface area contributed by atoms with Crippen molar-refractivity contribution >= 4 is 11.5 Å². The van der Waals surface area contributed by atoms with Crippen LogP contribution in [0.2, 0.25) is 0 Å². The van der Waals surface area contributed by atoms with E-state index in [-0.39, 0.29) is 0 Å². The maximum absolute atomic E-state index is 12.0. The van der Waals surface area contributed by atoms with Crippen molar-refractivity contribution in [1.82, 2.24) is 0 Å². The van der Waals surface area contributed by atoms with Crippen molar-refractivity contribution in [3.8, 4) is 5.75 Å². The number of aromatic hydroxyl groups is 1. The number of ketones is 1. The van der Waals surface area contributed by atoms with Gasteiger partial charge in [-0.25, -0.2) is 8.78 Å². The standard InChI is InChI=1S/C8H5F2NO4/c9-8(10)7(13)5-3-4(11(14)15)1-2-6(5)12/h1-3,8,12H. The third-order valence-corrected chi connectivity index (χ3v) is 1.65. The lowest BCUT2D eigenvalue weighted by Crippen LogP contribution is -2.10. The number of carbonyl (C=O) groups is 1. The number of phenolic OH excluding ortho intramolecular Hbond substituents is 1. The van der Waals surface area contributed by atoms with Gasteiger partial charge in [-0.2, -0.15) is 0 Å². The summed E-state index contributed by atoms with van der Waals surface area (Å²) in [5.41, 5.74) is -1.28. The summed E-state index contributed by atoms with van der Waals surface area (Å²) in [5.74, 6) is -2.35. The molecule has 0 fully saturated rings. The second-order valence-corrected chi connectivity index (χ2v) is 2.62. The molecule has 0 bridgehead atoms. The number of alkyl halides is 2. The van der Waals surface area contributed by atoms with Gasteiger partial charge < -0.3 is 5.11 Å². The highest BCUT2D eigenvalue weighted by Gasteiger charge is 2.23. The number of non-ortho nitro benzene ring substituents is 1. The Hall–Kier alpha value is -2.05. The molecule has 0 radical (unpaired) electrons. The van der Waals surface area contributed by atoms with E-state index in [1.165, 1.54) is 0 Å². The molecule has 15 heavy (non-hydrogen) atoms.